The van der Waals surface area contributed by atoms with Gasteiger partial charge < -0.3 is 5.73 Å². The van der Waals surface area contributed by atoms with Crippen LogP contribution in [-0.4, -0.2) is 11.8 Å². The fourth-order valence-corrected chi connectivity index (χ4v) is 1.89. The Hall–Kier alpha value is -1.84. The highest BCUT2D eigenvalue weighted by Crippen LogP contribution is 2.27. The Bertz CT molecular complexity index is 438. The molecule has 0 radical (unpaired) electrons. The number of amides is 2. The first-order chi connectivity index (χ1) is 7.59. The first kappa shape index (κ1) is 10.7. The van der Waals surface area contributed by atoms with Crippen molar-refractivity contribution in [3.63, 3.8) is 0 Å². The largest absolute Gasteiger partial charge is 0.399 e. The van der Waals surface area contributed by atoms with Gasteiger partial charge in [0.2, 0.25) is 11.8 Å². The zero-order chi connectivity index (χ0) is 11.7. The molecule has 0 aliphatic carbocycles. The van der Waals surface area contributed by atoms with E-state index in [1.807, 2.05) is 13.0 Å². The van der Waals surface area contributed by atoms with Gasteiger partial charge in [0.15, 0.2) is 0 Å². The minimum absolute atomic E-state index is 0.134. The highest BCUT2D eigenvalue weighted by molar-refractivity contribution is 6.16. The minimum atomic E-state index is -0.134. The Morgan fingerprint density at radius 3 is 2.44 bits per heavy atom. The predicted molar refractivity (Wildman–Crippen MR) is 61.9 cm³/mol. The first-order valence-electron chi connectivity index (χ1n) is 5.31. The molecule has 0 saturated carbocycles. The van der Waals surface area contributed by atoms with Gasteiger partial charge in [-0.3, -0.25) is 14.5 Å². The Morgan fingerprint density at radius 2 is 1.81 bits per heavy atom. The maximum atomic E-state index is 11.7. The molecule has 4 nitrogen and oxygen atoms in total. The normalized spacial score (nSPS) is 16.7. The molecule has 0 bridgehead atoms. The number of carbonyl (C=O) groups excluding carboxylic acids is 2. The highest BCUT2D eigenvalue weighted by atomic mass is 16.2. The predicted octanol–water partition coefficient (Wildman–Crippen LogP) is 1.62. The van der Waals surface area contributed by atoms with Crippen molar-refractivity contribution in [2.24, 2.45) is 0 Å². The van der Waals surface area contributed by atoms with Crippen LogP contribution in [0, 0.1) is 6.92 Å². The molecule has 0 spiro atoms. The van der Waals surface area contributed by atoms with Crippen LogP contribution < -0.4 is 10.6 Å². The summed E-state index contributed by atoms with van der Waals surface area (Å²) in [7, 11) is 0. The smallest absolute Gasteiger partial charge is 0.233 e. The molecular formula is C12H14N2O2. The zero-order valence-corrected chi connectivity index (χ0v) is 9.19. The van der Waals surface area contributed by atoms with Gasteiger partial charge in [0.25, 0.3) is 0 Å². The number of piperidine rings is 1. The molecule has 84 valence electrons. The molecule has 1 aliphatic heterocycles. The van der Waals surface area contributed by atoms with Crippen LogP contribution in [0.5, 0.6) is 0 Å². The van der Waals surface area contributed by atoms with Gasteiger partial charge in [-0.05, 0) is 31.0 Å². The van der Waals surface area contributed by atoms with E-state index in [2.05, 4.69) is 0 Å². The van der Waals surface area contributed by atoms with Gasteiger partial charge in [-0.15, -0.1) is 0 Å². The fourth-order valence-electron chi connectivity index (χ4n) is 1.89. The van der Waals surface area contributed by atoms with E-state index in [1.54, 1.807) is 12.1 Å². The lowest BCUT2D eigenvalue weighted by atomic mass is 10.1. The molecule has 16 heavy (non-hydrogen) atoms. The maximum absolute atomic E-state index is 11.7. The number of anilines is 2. The third-order valence-corrected chi connectivity index (χ3v) is 2.75. The van der Waals surface area contributed by atoms with E-state index in [0.717, 1.165) is 5.56 Å². The van der Waals surface area contributed by atoms with Crippen molar-refractivity contribution >= 4 is 23.2 Å². The second-order valence-electron chi connectivity index (χ2n) is 4.02. The molecular weight excluding hydrogens is 204 g/mol. The zero-order valence-electron chi connectivity index (χ0n) is 9.19. The minimum Gasteiger partial charge on any atom is -0.399 e. The van der Waals surface area contributed by atoms with Crippen LogP contribution in [-0.2, 0) is 9.59 Å². The standard InChI is InChI=1S/C12H14N2O2/c1-8-5-6-9(13)7-10(8)14-11(15)3-2-4-12(14)16/h5-7H,2-4,13H2,1H3. The van der Waals surface area contributed by atoms with Crippen LogP contribution in [0.2, 0.25) is 0 Å². The van der Waals surface area contributed by atoms with Gasteiger partial charge in [0, 0.05) is 18.5 Å². The summed E-state index contributed by atoms with van der Waals surface area (Å²) >= 11 is 0. The van der Waals surface area contributed by atoms with Crippen LogP contribution in [0.1, 0.15) is 24.8 Å². The van der Waals surface area contributed by atoms with E-state index in [1.165, 1.54) is 4.90 Å². The summed E-state index contributed by atoms with van der Waals surface area (Å²) in [5.41, 5.74) is 7.74. The number of aryl methyl sites for hydroxylation is 1. The number of nitrogens with two attached hydrogens (primary N) is 1. The van der Waals surface area contributed by atoms with E-state index in [9.17, 15) is 9.59 Å². The lowest BCUT2D eigenvalue weighted by Gasteiger charge is -2.26. The van der Waals surface area contributed by atoms with Gasteiger partial charge >= 0.3 is 0 Å². The molecule has 1 aliphatic rings. The molecule has 1 saturated heterocycles. The van der Waals surface area contributed by atoms with Gasteiger partial charge in [0.1, 0.15) is 0 Å². The van der Waals surface area contributed by atoms with Crippen LogP contribution in [0.4, 0.5) is 11.4 Å². The van der Waals surface area contributed by atoms with E-state index in [-0.39, 0.29) is 11.8 Å². The molecule has 2 rings (SSSR count). The second kappa shape index (κ2) is 3.96. The van der Waals surface area contributed by atoms with Crippen molar-refractivity contribution < 1.29 is 9.59 Å². The van der Waals surface area contributed by atoms with E-state index in [4.69, 9.17) is 5.73 Å². The molecule has 0 atom stereocenters. The summed E-state index contributed by atoms with van der Waals surface area (Å²) in [6.45, 7) is 1.87. The molecule has 4 heteroatoms. The van der Waals surface area contributed by atoms with Crippen LogP contribution in [0.25, 0.3) is 0 Å². The van der Waals surface area contributed by atoms with Crippen molar-refractivity contribution in [1.82, 2.24) is 0 Å². The van der Waals surface area contributed by atoms with Gasteiger partial charge in [-0.25, -0.2) is 0 Å². The number of imide groups is 1. The Kier molecular flexibility index (Phi) is 2.64. The van der Waals surface area contributed by atoms with Crippen molar-refractivity contribution in [1.29, 1.82) is 0 Å². The average Bonchev–Trinajstić information content (AvgIpc) is 2.23. The molecule has 1 aromatic rings. The molecule has 2 N–H and O–H groups in total. The van der Waals surface area contributed by atoms with Gasteiger partial charge in [-0.1, -0.05) is 6.07 Å². The summed E-state index contributed by atoms with van der Waals surface area (Å²) in [4.78, 5) is 24.7. The summed E-state index contributed by atoms with van der Waals surface area (Å²) < 4.78 is 0. The molecule has 1 fully saturated rings. The quantitative estimate of drug-likeness (QED) is 0.575. The first-order valence-corrected chi connectivity index (χ1v) is 5.31. The summed E-state index contributed by atoms with van der Waals surface area (Å²) in [6.07, 6.45) is 1.51. The van der Waals surface area contributed by atoms with E-state index in [0.29, 0.717) is 30.6 Å². The van der Waals surface area contributed by atoms with E-state index < -0.39 is 0 Å². The van der Waals surface area contributed by atoms with Crippen molar-refractivity contribution in [3.8, 4) is 0 Å². The SMILES string of the molecule is Cc1ccc(N)cc1N1C(=O)CCCC1=O. The van der Waals surface area contributed by atoms with Crippen molar-refractivity contribution in [2.75, 3.05) is 10.6 Å². The van der Waals surface area contributed by atoms with E-state index >= 15 is 0 Å². The maximum Gasteiger partial charge on any atom is 0.233 e. The summed E-state index contributed by atoms with van der Waals surface area (Å²) in [6, 6.07) is 5.26. The number of carbonyl (C=O) groups is 2. The van der Waals surface area contributed by atoms with Crippen LogP contribution >= 0.6 is 0 Å². The third-order valence-electron chi connectivity index (χ3n) is 2.75. The molecule has 1 heterocycles. The molecule has 0 aromatic heterocycles. The average molecular weight is 218 g/mol. The number of rotatable bonds is 1. The molecule has 2 amide bonds. The topological polar surface area (TPSA) is 63.4 Å². The Labute approximate surface area is 94.0 Å². The van der Waals surface area contributed by atoms with Gasteiger partial charge in [0.05, 0.1) is 5.69 Å². The summed E-state index contributed by atoms with van der Waals surface area (Å²) in [5.74, 6) is -0.269. The lowest BCUT2D eigenvalue weighted by Crippen LogP contribution is -2.40. The Morgan fingerprint density at radius 1 is 1.19 bits per heavy atom. The van der Waals surface area contributed by atoms with Crippen molar-refractivity contribution in [2.45, 2.75) is 26.2 Å². The fraction of sp³-hybridized carbons (Fsp3) is 0.333. The Balaban J connectivity index is 2.45. The monoisotopic (exact) mass is 218 g/mol. The number of benzene rings is 1. The third kappa shape index (κ3) is 1.78. The van der Waals surface area contributed by atoms with Crippen LogP contribution in [0.15, 0.2) is 18.2 Å². The lowest BCUT2D eigenvalue weighted by molar-refractivity contribution is -0.129. The number of hydrogen-bond acceptors (Lipinski definition) is 3. The van der Waals surface area contributed by atoms with Crippen LogP contribution in [0.3, 0.4) is 0 Å². The molecule has 1 aromatic carbocycles. The number of nitrogens with zero attached hydrogens (tertiary/aromatic N) is 1. The second-order valence-corrected chi connectivity index (χ2v) is 4.02. The van der Waals surface area contributed by atoms with Crippen molar-refractivity contribution in [3.05, 3.63) is 23.8 Å². The highest BCUT2D eigenvalue weighted by Gasteiger charge is 2.28. The van der Waals surface area contributed by atoms with Gasteiger partial charge in [-0.2, -0.15) is 0 Å². The number of hydrogen-bond donors (Lipinski definition) is 1. The number of nitrogen functional groups attached to an aromatic ring is 1. The molecule has 0 unspecified atom stereocenters. The summed E-state index contributed by atoms with van der Waals surface area (Å²) in [5, 5.41) is 0.